The SMILES string of the molecule is O=C(NCc1ncn2ccc(Cl)cc12)c1nnc(Cc2cn3nc(C4CC4)ccc3n2)o1. The Labute approximate surface area is 186 Å². The largest absolute Gasteiger partial charge is 0.416 e. The number of nitrogens with one attached hydrogen (secondary N) is 1. The zero-order valence-electron chi connectivity index (χ0n) is 16.8. The normalized spacial score (nSPS) is 13.8. The summed E-state index contributed by atoms with van der Waals surface area (Å²) >= 11 is 6.05. The molecule has 0 aromatic carbocycles. The molecule has 10 nitrogen and oxygen atoms in total. The van der Waals surface area contributed by atoms with Crippen LogP contribution in [0.25, 0.3) is 11.2 Å². The Morgan fingerprint density at radius 3 is 3.03 bits per heavy atom. The molecule has 5 aromatic heterocycles. The van der Waals surface area contributed by atoms with Crippen LogP contribution in [0.3, 0.4) is 0 Å². The molecule has 0 spiro atoms. The molecule has 5 heterocycles. The van der Waals surface area contributed by atoms with E-state index < -0.39 is 5.91 Å². The standard InChI is InChI=1S/C21H17ClN8O2/c22-13-5-6-29-11-24-16(17(29)7-13)9-23-20(31)21-27-26-19(32-21)8-14-10-30-18(25-14)4-3-15(28-30)12-1-2-12/h3-7,10-12H,1-2,8-9H2,(H,23,31). The Morgan fingerprint density at radius 2 is 2.16 bits per heavy atom. The van der Waals surface area contributed by atoms with Gasteiger partial charge in [-0.1, -0.05) is 11.6 Å². The Morgan fingerprint density at radius 1 is 1.25 bits per heavy atom. The van der Waals surface area contributed by atoms with Crippen molar-refractivity contribution in [3.8, 4) is 0 Å². The highest BCUT2D eigenvalue weighted by atomic mass is 35.5. The third-order valence-corrected chi connectivity index (χ3v) is 5.61. The van der Waals surface area contributed by atoms with Crippen LogP contribution in [0.5, 0.6) is 0 Å². The van der Waals surface area contributed by atoms with Crippen molar-refractivity contribution in [3.63, 3.8) is 0 Å². The first-order chi connectivity index (χ1) is 15.6. The highest BCUT2D eigenvalue weighted by Gasteiger charge is 2.25. The number of amides is 1. The van der Waals surface area contributed by atoms with Gasteiger partial charge in [-0.25, -0.2) is 14.5 Å². The summed E-state index contributed by atoms with van der Waals surface area (Å²) in [6.45, 7) is 0.203. The summed E-state index contributed by atoms with van der Waals surface area (Å²) in [6.07, 6.45) is 8.01. The van der Waals surface area contributed by atoms with E-state index in [4.69, 9.17) is 16.0 Å². The number of hydrogen-bond donors (Lipinski definition) is 1. The van der Waals surface area contributed by atoms with Gasteiger partial charge in [-0.3, -0.25) is 4.79 Å². The molecule has 1 saturated carbocycles. The van der Waals surface area contributed by atoms with Crippen LogP contribution in [-0.2, 0) is 13.0 Å². The van der Waals surface area contributed by atoms with Crippen molar-refractivity contribution in [2.75, 3.05) is 0 Å². The van der Waals surface area contributed by atoms with Crippen LogP contribution < -0.4 is 5.32 Å². The zero-order chi connectivity index (χ0) is 21.7. The van der Waals surface area contributed by atoms with Crippen molar-refractivity contribution in [2.24, 2.45) is 0 Å². The summed E-state index contributed by atoms with van der Waals surface area (Å²) in [5, 5.41) is 15.8. The zero-order valence-corrected chi connectivity index (χ0v) is 17.5. The second-order valence-corrected chi connectivity index (χ2v) is 8.19. The second-order valence-electron chi connectivity index (χ2n) is 7.76. The van der Waals surface area contributed by atoms with Crippen LogP contribution in [0.2, 0.25) is 5.02 Å². The summed E-state index contributed by atoms with van der Waals surface area (Å²) in [5.74, 6) is 0.289. The number of imidazole rings is 2. The highest BCUT2D eigenvalue weighted by molar-refractivity contribution is 6.30. The van der Waals surface area contributed by atoms with Gasteiger partial charge in [0.05, 0.1) is 48.1 Å². The average molecular weight is 449 g/mol. The highest BCUT2D eigenvalue weighted by Crippen LogP contribution is 2.38. The van der Waals surface area contributed by atoms with E-state index in [1.54, 1.807) is 23.0 Å². The van der Waals surface area contributed by atoms with E-state index in [0.29, 0.717) is 28.9 Å². The molecule has 32 heavy (non-hydrogen) atoms. The average Bonchev–Trinajstić information content (AvgIpc) is 3.21. The molecule has 160 valence electrons. The first-order valence-corrected chi connectivity index (χ1v) is 10.6. The van der Waals surface area contributed by atoms with Gasteiger partial charge in [0.15, 0.2) is 5.65 Å². The maximum Gasteiger partial charge on any atom is 0.309 e. The van der Waals surface area contributed by atoms with Gasteiger partial charge in [0.2, 0.25) is 5.89 Å². The topological polar surface area (TPSA) is 116 Å². The van der Waals surface area contributed by atoms with Gasteiger partial charge in [-0.2, -0.15) is 5.10 Å². The third kappa shape index (κ3) is 3.58. The first kappa shape index (κ1) is 18.9. The Hall–Kier alpha value is -3.79. The molecule has 1 fully saturated rings. The maximum atomic E-state index is 12.5. The van der Waals surface area contributed by atoms with Gasteiger partial charge in [0, 0.05) is 17.1 Å². The molecule has 0 aliphatic heterocycles. The van der Waals surface area contributed by atoms with E-state index in [1.807, 2.05) is 28.9 Å². The molecule has 5 aromatic rings. The van der Waals surface area contributed by atoms with Crippen molar-refractivity contribution in [1.82, 2.24) is 39.5 Å². The lowest BCUT2D eigenvalue weighted by Crippen LogP contribution is -2.23. The molecule has 1 N–H and O–H groups in total. The molecule has 6 rings (SSSR count). The molecule has 0 saturated heterocycles. The fraction of sp³-hybridized carbons (Fsp3) is 0.238. The number of carbonyl (C=O) groups excluding carboxylic acids is 1. The van der Waals surface area contributed by atoms with E-state index in [-0.39, 0.29) is 12.4 Å². The molecule has 0 unspecified atom stereocenters. The van der Waals surface area contributed by atoms with Crippen molar-refractivity contribution >= 4 is 28.7 Å². The van der Waals surface area contributed by atoms with Gasteiger partial charge < -0.3 is 14.1 Å². The number of fused-ring (bicyclic) bond motifs is 2. The Kier molecular flexibility index (Phi) is 4.39. The number of nitrogens with zero attached hydrogens (tertiary/aromatic N) is 7. The van der Waals surface area contributed by atoms with E-state index in [2.05, 4.69) is 30.6 Å². The number of aromatic nitrogens is 7. The van der Waals surface area contributed by atoms with Crippen LogP contribution in [0, 0.1) is 0 Å². The van der Waals surface area contributed by atoms with E-state index in [0.717, 1.165) is 22.6 Å². The first-order valence-electron chi connectivity index (χ1n) is 10.2. The van der Waals surface area contributed by atoms with Crippen LogP contribution in [0.4, 0.5) is 0 Å². The van der Waals surface area contributed by atoms with E-state index in [1.165, 1.54) is 12.8 Å². The molecule has 1 aliphatic carbocycles. The van der Waals surface area contributed by atoms with Crippen molar-refractivity contribution < 1.29 is 9.21 Å². The summed E-state index contributed by atoms with van der Waals surface area (Å²) in [4.78, 5) is 21.3. The molecule has 0 radical (unpaired) electrons. The number of hydrogen-bond acceptors (Lipinski definition) is 7. The van der Waals surface area contributed by atoms with E-state index >= 15 is 0 Å². The van der Waals surface area contributed by atoms with Crippen LogP contribution in [0.15, 0.2) is 47.4 Å². The fourth-order valence-electron chi connectivity index (χ4n) is 3.59. The van der Waals surface area contributed by atoms with Crippen molar-refractivity contribution in [1.29, 1.82) is 0 Å². The minimum Gasteiger partial charge on any atom is -0.416 e. The maximum absolute atomic E-state index is 12.5. The monoisotopic (exact) mass is 448 g/mol. The number of halogens is 1. The molecule has 1 amide bonds. The van der Waals surface area contributed by atoms with Gasteiger partial charge in [-0.15, -0.1) is 10.2 Å². The lowest BCUT2D eigenvalue weighted by Gasteiger charge is -2.01. The van der Waals surface area contributed by atoms with Crippen molar-refractivity contribution in [2.45, 2.75) is 31.7 Å². The van der Waals surface area contributed by atoms with Crippen LogP contribution in [-0.4, -0.2) is 40.1 Å². The lowest BCUT2D eigenvalue weighted by molar-refractivity contribution is 0.0914. The summed E-state index contributed by atoms with van der Waals surface area (Å²) < 4.78 is 9.14. The van der Waals surface area contributed by atoms with Gasteiger partial charge in [0.1, 0.15) is 0 Å². The molecule has 0 bridgehead atoms. The summed E-state index contributed by atoms with van der Waals surface area (Å²) in [6, 6.07) is 7.54. The predicted molar refractivity (Wildman–Crippen MR) is 113 cm³/mol. The van der Waals surface area contributed by atoms with Crippen LogP contribution >= 0.6 is 11.6 Å². The van der Waals surface area contributed by atoms with Crippen LogP contribution in [0.1, 0.15) is 52.4 Å². The minimum atomic E-state index is -0.474. The van der Waals surface area contributed by atoms with Gasteiger partial charge in [0.25, 0.3) is 0 Å². The molecular formula is C21H17ClN8O2. The third-order valence-electron chi connectivity index (χ3n) is 5.38. The lowest BCUT2D eigenvalue weighted by atomic mass is 10.3. The van der Waals surface area contributed by atoms with Crippen molar-refractivity contribution in [3.05, 3.63) is 76.9 Å². The Bertz CT molecular complexity index is 1470. The quantitative estimate of drug-likeness (QED) is 0.424. The minimum absolute atomic E-state index is 0.112. The van der Waals surface area contributed by atoms with E-state index in [9.17, 15) is 4.79 Å². The number of rotatable bonds is 6. The summed E-state index contributed by atoms with van der Waals surface area (Å²) in [7, 11) is 0. The Balaban J connectivity index is 1.13. The molecule has 11 heteroatoms. The fourth-order valence-corrected chi connectivity index (χ4v) is 3.75. The molecular weight excluding hydrogens is 432 g/mol. The molecule has 1 aliphatic rings. The number of carbonyl (C=O) groups is 1. The summed E-state index contributed by atoms with van der Waals surface area (Å²) in [5.41, 5.74) is 4.08. The second kappa shape index (κ2) is 7.41. The predicted octanol–water partition coefficient (Wildman–Crippen LogP) is 2.81. The molecule has 0 atom stereocenters. The van der Waals surface area contributed by atoms with Gasteiger partial charge >= 0.3 is 11.8 Å². The number of pyridine rings is 1. The smallest absolute Gasteiger partial charge is 0.309 e. The van der Waals surface area contributed by atoms with Gasteiger partial charge in [-0.05, 0) is 37.1 Å².